The van der Waals surface area contributed by atoms with Gasteiger partial charge in [0, 0.05) is 22.5 Å². The van der Waals surface area contributed by atoms with Crippen LogP contribution in [-0.2, 0) is 5.41 Å². The Morgan fingerprint density at radius 1 is 0.366 bits per heavy atom. The third-order valence-corrected chi connectivity index (χ3v) is 15.8. The third-order valence-electron chi connectivity index (χ3n) is 15.8. The van der Waals surface area contributed by atoms with Crippen LogP contribution in [0.15, 0.2) is 231 Å². The number of rotatable bonds is 10. The van der Waals surface area contributed by atoms with Gasteiger partial charge in [-0.2, -0.15) is 0 Å². The molecule has 1 nitrogen and oxygen atoms in total. The van der Waals surface area contributed by atoms with Crippen molar-refractivity contribution in [2.24, 2.45) is 0 Å². The summed E-state index contributed by atoms with van der Waals surface area (Å²) in [7, 11) is 0. The zero-order valence-corrected chi connectivity index (χ0v) is 40.5. The Kier molecular flexibility index (Phi) is 10.3. The van der Waals surface area contributed by atoms with Crippen molar-refractivity contribution in [2.45, 2.75) is 39.0 Å². The molecule has 0 saturated carbocycles. The van der Waals surface area contributed by atoms with Crippen LogP contribution >= 0.6 is 0 Å². The van der Waals surface area contributed by atoms with E-state index in [1.807, 2.05) is 0 Å². The molecule has 0 saturated heterocycles. The lowest BCUT2D eigenvalue weighted by Gasteiger charge is -2.32. The van der Waals surface area contributed by atoms with E-state index >= 15 is 0 Å². The largest absolute Gasteiger partial charge is 0.310 e. The molecule has 71 heavy (non-hydrogen) atoms. The van der Waals surface area contributed by atoms with Crippen LogP contribution < -0.4 is 4.90 Å². The molecule has 13 rings (SSSR count). The van der Waals surface area contributed by atoms with Gasteiger partial charge in [0.1, 0.15) is 0 Å². The number of aryl methyl sites for hydroxylation is 1. The van der Waals surface area contributed by atoms with E-state index in [1.165, 1.54) is 121 Å². The summed E-state index contributed by atoms with van der Waals surface area (Å²) in [4.78, 5) is 2.39. The van der Waals surface area contributed by atoms with E-state index in [0.29, 0.717) is 0 Å². The summed E-state index contributed by atoms with van der Waals surface area (Å²) < 4.78 is 0. The van der Waals surface area contributed by atoms with Crippen LogP contribution in [0.1, 0.15) is 54.5 Å². The topological polar surface area (TPSA) is 3.24 Å². The predicted octanol–water partition coefficient (Wildman–Crippen LogP) is 19.8. The Morgan fingerprint density at radius 2 is 0.930 bits per heavy atom. The van der Waals surface area contributed by atoms with E-state index in [1.54, 1.807) is 0 Å². The van der Waals surface area contributed by atoms with Gasteiger partial charge in [0.25, 0.3) is 0 Å². The van der Waals surface area contributed by atoms with Crippen LogP contribution in [0, 0.1) is 6.92 Å². The van der Waals surface area contributed by atoms with Crippen LogP contribution in [0.2, 0.25) is 0 Å². The van der Waals surface area contributed by atoms with Gasteiger partial charge in [-0.15, -0.1) is 0 Å². The molecule has 0 N–H and O–H groups in total. The number of fused-ring (bicyclic) bond motifs is 5. The van der Waals surface area contributed by atoms with Gasteiger partial charge in [0.05, 0.1) is 0 Å². The maximum absolute atomic E-state index is 2.48. The molecule has 0 radical (unpaired) electrons. The summed E-state index contributed by atoms with van der Waals surface area (Å²) in [5.41, 5.74) is 20.1. The highest BCUT2D eigenvalue weighted by Gasteiger charge is 2.42. The number of hydrogen-bond acceptors (Lipinski definition) is 1. The first-order valence-corrected chi connectivity index (χ1v) is 25.3. The average Bonchev–Trinajstić information content (AvgIpc) is 3.71. The minimum atomic E-state index is -0.0947. The molecule has 1 aliphatic carbocycles. The van der Waals surface area contributed by atoms with E-state index < -0.39 is 0 Å². The standard InChI is InChI=1S/C70H53N/c1-4-70(5-2)64-45-54(71(52-23-11-7-12-24-52)53-25-13-8-14-26-53)39-40-63(64)66-46(3)43-48(44-65(66)70)34-33-47-35-37-51(38-36-47)67-55(49-19-9-6-10-20-49)27-17-30-57(67)56-41-42-62-60-29-16-22-50-21-15-28-59(68(50)60)61-32-18-31-58(56)69(61)62/h6-45H,4-5H2,1-3H3/b34-33+. The second-order valence-corrected chi connectivity index (χ2v) is 19.4. The zero-order chi connectivity index (χ0) is 47.6. The molecule has 0 aromatic heterocycles. The number of hydrogen-bond donors (Lipinski definition) is 0. The fourth-order valence-electron chi connectivity index (χ4n) is 12.5. The van der Waals surface area contributed by atoms with Gasteiger partial charge in [0.15, 0.2) is 0 Å². The van der Waals surface area contributed by atoms with Gasteiger partial charge in [-0.05, 0) is 172 Å². The van der Waals surface area contributed by atoms with Crippen molar-refractivity contribution in [2.75, 3.05) is 4.90 Å². The Labute approximate surface area is 417 Å². The first kappa shape index (κ1) is 42.6. The molecule has 0 unspecified atom stereocenters. The number of nitrogens with zero attached hydrogens (tertiary/aromatic N) is 1. The SMILES string of the molecule is CCC1(CC)c2cc(N(c3ccccc3)c3ccccc3)ccc2-c2c(C)cc(/C=C/c3ccc(-c4c(-c5ccccc5)cccc4-c4ccc5c6cccc7cccc(c8cccc4c85)c76)cc3)cc21. The molecule has 12 aromatic rings. The summed E-state index contributed by atoms with van der Waals surface area (Å²) >= 11 is 0. The third kappa shape index (κ3) is 6.83. The average molecular weight is 908 g/mol. The normalized spacial score (nSPS) is 12.9. The van der Waals surface area contributed by atoms with Crippen LogP contribution in [0.3, 0.4) is 0 Å². The number of para-hydroxylation sites is 2. The summed E-state index contributed by atoms with van der Waals surface area (Å²) in [6, 6.07) is 85.5. The highest BCUT2D eigenvalue weighted by atomic mass is 15.1. The smallest absolute Gasteiger partial charge is 0.0465 e. The van der Waals surface area contributed by atoms with Crippen molar-refractivity contribution in [1.29, 1.82) is 0 Å². The van der Waals surface area contributed by atoms with Crippen LogP contribution in [0.5, 0.6) is 0 Å². The Hall–Kier alpha value is -8.52. The van der Waals surface area contributed by atoms with E-state index in [-0.39, 0.29) is 5.41 Å². The Balaban J connectivity index is 0.879. The van der Waals surface area contributed by atoms with Crippen molar-refractivity contribution < 1.29 is 0 Å². The molecule has 1 aliphatic rings. The van der Waals surface area contributed by atoms with Crippen molar-refractivity contribution in [1.82, 2.24) is 0 Å². The minimum Gasteiger partial charge on any atom is -0.310 e. The Morgan fingerprint density at radius 3 is 1.61 bits per heavy atom. The lowest BCUT2D eigenvalue weighted by atomic mass is 9.73. The highest BCUT2D eigenvalue weighted by molar-refractivity contribution is 6.34. The zero-order valence-electron chi connectivity index (χ0n) is 40.5. The van der Waals surface area contributed by atoms with Gasteiger partial charge in [-0.25, -0.2) is 0 Å². The molecule has 0 atom stereocenters. The van der Waals surface area contributed by atoms with Crippen LogP contribution in [0.4, 0.5) is 17.1 Å². The summed E-state index contributed by atoms with van der Waals surface area (Å²) in [6.45, 7) is 7.04. The van der Waals surface area contributed by atoms with Gasteiger partial charge in [-0.1, -0.05) is 220 Å². The van der Waals surface area contributed by atoms with Gasteiger partial charge in [-0.3, -0.25) is 0 Å². The van der Waals surface area contributed by atoms with Crippen molar-refractivity contribution in [3.8, 4) is 44.5 Å². The first-order chi connectivity index (χ1) is 35.0. The molecule has 0 bridgehead atoms. The Bertz CT molecular complexity index is 3900. The quantitative estimate of drug-likeness (QED) is 0.0751. The summed E-state index contributed by atoms with van der Waals surface area (Å²) in [5, 5.41) is 10.5. The van der Waals surface area contributed by atoms with E-state index in [9.17, 15) is 0 Å². The van der Waals surface area contributed by atoms with Crippen molar-refractivity contribution in [3.05, 3.63) is 258 Å². The van der Waals surface area contributed by atoms with Crippen molar-refractivity contribution in [3.63, 3.8) is 0 Å². The predicted molar refractivity (Wildman–Crippen MR) is 306 cm³/mol. The van der Waals surface area contributed by atoms with Gasteiger partial charge >= 0.3 is 0 Å². The first-order valence-electron chi connectivity index (χ1n) is 25.3. The van der Waals surface area contributed by atoms with E-state index in [4.69, 9.17) is 0 Å². The second kappa shape index (κ2) is 17.2. The summed E-state index contributed by atoms with van der Waals surface area (Å²) in [5.74, 6) is 0. The fourth-order valence-corrected chi connectivity index (χ4v) is 12.5. The second-order valence-electron chi connectivity index (χ2n) is 19.4. The molecule has 0 aliphatic heterocycles. The fraction of sp³-hybridized carbons (Fsp3) is 0.0857. The lowest BCUT2D eigenvalue weighted by Crippen LogP contribution is -2.23. The monoisotopic (exact) mass is 907 g/mol. The minimum absolute atomic E-state index is 0.0947. The number of anilines is 3. The van der Waals surface area contributed by atoms with E-state index in [2.05, 4.69) is 268 Å². The van der Waals surface area contributed by atoms with Crippen molar-refractivity contribution >= 4 is 72.3 Å². The van der Waals surface area contributed by atoms with Crippen LogP contribution in [-0.4, -0.2) is 0 Å². The van der Waals surface area contributed by atoms with E-state index in [0.717, 1.165) is 24.2 Å². The molecule has 0 fully saturated rings. The van der Waals surface area contributed by atoms with Gasteiger partial charge in [0.2, 0.25) is 0 Å². The molecule has 0 heterocycles. The maximum atomic E-state index is 2.48. The lowest BCUT2D eigenvalue weighted by molar-refractivity contribution is 0.490. The molecular weight excluding hydrogens is 855 g/mol. The number of benzene rings is 12. The molecule has 338 valence electrons. The van der Waals surface area contributed by atoms with Crippen LogP contribution in [0.25, 0.3) is 99.7 Å². The molecule has 0 amide bonds. The van der Waals surface area contributed by atoms with Gasteiger partial charge < -0.3 is 4.90 Å². The maximum Gasteiger partial charge on any atom is 0.0465 e. The molecule has 12 aromatic carbocycles. The molecule has 1 heteroatoms. The summed E-state index contributed by atoms with van der Waals surface area (Å²) in [6.07, 6.45) is 6.65. The highest BCUT2D eigenvalue weighted by Crippen LogP contribution is 2.56. The molecular formula is C70H53N. The molecule has 0 spiro atoms.